The molecule has 8 heteroatoms. The van der Waals surface area contributed by atoms with E-state index in [0.29, 0.717) is 32.8 Å². The van der Waals surface area contributed by atoms with Crippen LogP contribution >= 0.6 is 0 Å². The molecule has 0 amide bonds. The third kappa shape index (κ3) is 3.57. The van der Waals surface area contributed by atoms with E-state index in [9.17, 15) is 18.3 Å². The minimum absolute atomic E-state index is 0.00273. The Balaban J connectivity index is 2.23. The molecule has 1 saturated heterocycles. The van der Waals surface area contributed by atoms with Crippen molar-refractivity contribution in [2.75, 3.05) is 39.8 Å². The third-order valence-electron chi connectivity index (χ3n) is 3.89. The predicted molar refractivity (Wildman–Crippen MR) is 81.8 cm³/mol. The first-order chi connectivity index (χ1) is 10.4. The van der Waals surface area contributed by atoms with Gasteiger partial charge in [0.05, 0.1) is 16.6 Å². The molecule has 1 aliphatic heterocycles. The van der Waals surface area contributed by atoms with E-state index in [1.807, 2.05) is 7.05 Å². The fourth-order valence-electron chi connectivity index (χ4n) is 2.57. The second-order valence-electron chi connectivity index (χ2n) is 5.40. The number of rotatable bonds is 5. The van der Waals surface area contributed by atoms with Crippen LogP contribution in [0, 0.1) is 0 Å². The van der Waals surface area contributed by atoms with Crippen LogP contribution in [0.15, 0.2) is 22.6 Å². The number of allylic oxidation sites excluding steroid dienone is 1. The van der Waals surface area contributed by atoms with Crippen LogP contribution in [0.25, 0.3) is 0 Å². The normalized spacial score (nSPS) is 24.7. The van der Waals surface area contributed by atoms with Crippen LogP contribution in [0.1, 0.15) is 13.3 Å². The lowest BCUT2D eigenvalue weighted by Gasteiger charge is -2.32. The summed E-state index contributed by atoms with van der Waals surface area (Å²) < 4.78 is 32.1. The first kappa shape index (κ1) is 17.1. The number of carbonyl (C=O) groups is 1. The van der Waals surface area contributed by atoms with Gasteiger partial charge in [0, 0.05) is 32.8 Å². The van der Waals surface area contributed by atoms with Gasteiger partial charge in [0.25, 0.3) is 0 Å². The van der Waals surface area contributed by atoms with Gasteiger partial charge in [-0.3, -0.25) is 0 Å². The maximum absolute atomic E-state index is 12.6. The van der Waals surface area contributed by atoms with E-state index in [0.717, 1.165) is 0 Å². The number of hydrogen-bond acceptors (Lipinski definition) is 5. The Morgan fingerprint density at radius 1 is 1.36 bits per heavy atom. The average molecular weight is 330 g/mol. The van der Waals surface area contributed by atoms with Crippen LogP contribution in [-0.2, 0) is 19.6 Å². The Morgan fingerprint density at radius 3 is 2.55 bits per heavy atom. The van der Waals surface area contributed by atoms with Crippen molar-refractivity contribution in [1.82, 2.24) is 9.21 Å². The summed E-state index contributed by atoms with van der Waals surface area (Å²) in [6, 6.07) is 0. The lowest BCUT2D eigenvalue weighted by atomic mass is 10.0. The van der Waals surface area contributed by atoms with E-state index in [1.54, 1.807) is 13.0 Å². The molecule has 1 heterocycles. The number of carboxylic acid groups (broad SMARTS) is 1. The fourth-order valence-corrected chi connectivity index (χ4v) is 4.10. The summed E-state index contributed by atoms with van der Waals surface area (Å²) in [5.74, 6) is -1.14. The molecule has 0 bridgehead atoms. The minimum atomic E-state index is -3.64. The molecule has 0 aromatic rings. The number of carboxylic acids is 1. The molecule has 2 aliphatic rings. The third-order valence-corrected chi connectivity index (χ3v) is 5.82. The largest absolute Gasteiger partial charge is 0.478 e. The first-order valence-electron chi connectivity index (χ1n) is 7.31. The van der Waals surface area contributed by atoms with E-state index < -0.39 is 22.1 Å². The van der Waals surface area contributed by atoms with Gasteiger partial charge in [-0.25, -0.2) is 13.2 Å². The maximum atomic E-state index is 12.6. The lowest BCUT2D eigenvalue weighted by Crippen LogP contribution is -2.47. The maximum Gasteiger partial charge on any atom is 0.334 e. The molecule has 1 atom stereocenters. The Labute approximate surface area is 130 Å². The number of likely N-dealkylation sites (N-methyl/N-ethyl adjacent to an activating group) is 1. The van der Waals surface area contributed by atoms with Crippen LogP contribution in [0.2, 0.25) is 0 Å². The summed E-state index contributed by atoms with van der Waals surface area (Å²) in [5, 5.41) is 9.27. The molecule has 1 unspecified atom stereocenters. The molecule has 1 fully saturated rings. The van der Waals surface area contributed by atoms with Gasteiger partial charge >= 0.3 is 5.97 Å². The van der Waals surface area contributed by atoms with E-state index in [1.165, 1.54) is 10.4 Å². The van der Waals surface area contributed by atoms with Crippen LogP contribution in [0.3, 0.4) is 0 Å². The lowest BCUT2D eigenvalue weighted by molar-refractivity contribution is -0.134. The predicted octanol–water partition coefficient (Wildman–Crippen LogP) is 0.267. The molecule has 22 heavy (non-hydrogen) atoms. The van der Waals surface area contributed by atoms with Gasteiger partial charge in [-0.1, -0.05) is 6.08 Å². The quantitative estimate of drug-likeness (QED) is 0.778. The number of ether oxygens (including phenoxy) is 1. The SMILES string of the molecule is CCOC1CC=C(S(=O)(=O)N2CCN(C)CC2)C=C1C(=O)O. The highest BCUT2D eigenvalue weighted by molar-refractivity contribution is 7.93. The molecule has 7 nitrogen and oxygen atoms in total. The smallest absolute Gasteiger partial charge is 0.334 e. The van der Waals surface area contributed by atoms with Gasteiger partial charge < -0.3 is 14.7 Å². The van der Waals surface area contributed by atoms with Crippen molar-refractivity contribution in [1.29, 1.82) is 0 Å². The van der Waals surface area contributed by atoms with Gasteiger partial charge in [-0.05, 0) is 26.5 Å². The van der Waals surface area contributed by atoms with Crippen molar-refractivity contribution in [2.24, 2.45) is 0 Å². The van der Waals surface area contributed by atoms with E-state index in [2.05, 4.69) is 4.90 Å². The zero-order chi connectivity index (χ0) is 16.3. The van der Waals surface area contributed by atoms with Crippen molar-refractivity contribution in [3.8, 4) is 0 Å². The number of nitrogens with zero attached hydrogens (tertiary/aromatic N) is 2. The van der Waals surface area contributed by atoms with E-state index >= 15 is 0 Å². The highest BCUT2D eigenvalue weighted by atomic mass is 32.2. The molecule has 0 aromatic carbocycles. The van der Waals surface area contributed by atoms with E-state index in [-0.39, 0.29) is 16.9 Å². The Hall–Kier alpha value is -1.22. The fraction of sp³-hybridized carbons (Fsp3) is 0.643. The zero-order valence-corrected chi connectivity index (χ0v) is 13.7. The summed E-state index contributed by atoms with van der Waals surface area (Å²) in [6.45, 7) is 4.33. The number of piperazine rings is 1. The zero-order valence-electron chi connectivity index (χ0n) is 12.9. The average Bonchev–Trinajstić information content (AvgIpc) is 2.48. The molecule has 0 aromatic heterocycles. The molecular formula is C14H22N2O5S. The van der Waals surface area contributed by atoms with E-state index in [4.69, 9.17) is 4.74 Å². The van der Waals surface area contributed by atoms with Crippen molar-refractivity contribution in [3.63, 3.8) is 0 Å². The summed E-state index contributed by atoms with van der Waals surface area (Å²) in [7, 11) is -1.70. The highest BCUT2D eigenvalue weighted by Gasteiger charge is 2.33. The topological polar surface area (TPSA) is 87.2 Å². The van der Waals surface area contributed by atoms with Gasteiger partial charge in [0.1, 0.15) is 0 Å². The Bertz CT molecular complexity index is 588. The van der Waals surface area contributed by atoms with Crippen LogP contribution < -0.4 is 0 Å². The summed E-state index contributed by atoms with van der Waals surface area (Å²) >= 11 is 0. The molecule has 124 valence electrons. The van der Waals surface area contributed by atoms with Gasteiger partial charge in [-0.2, -0.15) is 4.31 Å². The number of sulfonamides is 1. The van der Waals surface area contributed by atoms with Crippen molar-refractivity contribution >= 4 is 16.0 Å². The standard InChI is InChI=1S/C14H22N2O5S/c1-3-21-13-5-4-11(10-12(13)14(17)18)22(19,20)16-8-6-15(2)7-9-16/h4,10,13H,3,5-9H2,1-2H3,(H,17,18). The Morgan fingerprint density at radius 2 is 2.00 bits per heavy atom. The summed E-state index contributed by atoms with van der Waals surface area (Å²) in [4.78, 5) is 13.5. The van der Waals surface area contributed by atoms with Crippen LogP contribution in [0.4, 0.5) is 0 Å². The molecule has 2 rings (SSSR count). The molecule has 1 N–H and O–H groups in total. The summed E-state index contributed by atoms with van der Waals surface area (Å²) in [6.07, 6.45) is 2.46. The second-order valence-corrected chi connectivity index (χ2v) is 7.34. The van der Waals surface area contributed by atoms with Gasteiger partial charge in [-0.15, -0.1) is 0 Å². The summed E-state index contributed by atoms with van der Waals surface area (Å²) in [5.41, 5.74) is -0.00273. The second kappa shape index (κ2) is 6.91. The Kier molecular flexibility index (Phi) is 5.38. The minimum Gasteiger partial charge on any atom is -0.478 e. The monoisotopic (exact) mass is 330 g/mol. The molecule has 1 aliphatic carbocycles. The van der Waals surface area contributed by atoms with Crippen LogP contribution in [0.5, 0.6) is 0 Å². The molecule has 0 saturated carbocycles. The molecule has 0 spiro atoms. The highest BCUT2D eigenvalue weighted by Crippen LogP contribution is 2.26. The van der Waals surface area contributed by atoms with Crippen molar-refractivity contribution in [2.45, 2.75) is 19.4 Å². The van der Waals surface area contributed by atoms with Crippen molar-refractivity contribution < 1.29 is 23.1 Å². The van der Waals surface area contributed by atoms with Crippen molar-refractivity contribution in [3.05, 3.63) is 22.6 Å². The molecular weight excluding hydrogens is 308 g/mol. The van der Waals surface area contributed by atoms with Gasteiger partial charge in [0.2, 0.25) is 10.0 Å². The first-order valence-corrected chi connectivity index (χ1v) is 8.75. The molecule has 0 radical (unpaired) electrons. The number of aliphatic carboxylic acids is 1. The van der Waals surface area contributed by atoms with Gasteiger partial charge in [0.15, 0.2) is 0 Å². The number of hydrogen-bond donors (Lipinski definition) is 1. The van der Waals surface area contributed by atoms with Crippen LogP contribution in [-0.4, -0.2) is 74.6 Å².